The summed E-state index contributed by atoms with van der Waals surface area (Å²) in [7, 11) is 0. The molecule has 0 spiro atoms. The van der Waals surface area contributed by atoms with E-state index in [0.29, 0.717) is 11.1 Å². The molecule has 1 fully saturated rings. The Kier molecular flexibility index (Phi) is 5.52. The van der Waals surface area contributed by atoms with Crippen LogP contribution in [-0.2, 0) is 41.8 Å². The monoisotopic (exact) mass is 370 g/mol. The van der Waals surface area contributed by atoms with Crippen molar-refractivity contribution < 1.29 is 33.7 Å². The van der Waals surface area contributed by atoms with Gasteiger partial charge < -0.3 is 19.3 Å². The average molecular weight is 370 g/mol. The van der Waals surface area contributed by atoms with Crippen LogP contribution in [0, 0.1) is 0 Å². The predicted molar refractivity (Wildman–Crippen MR) is 91.9 cm³/mol. The molecule has 1 N–H and O–H groups in total. The van der Waals surface area contributed by atoms with E-state index in [4.69, 9.17) is 14.2 Å². The third-order valence-electron chi connectivity index (χ3n) is 4.10. The molecule has 27 heavy (non-hydrogen) atoms. The van der Waals surface area contributed by atoms with Crippen LogP contribution in [0.5, 0.6) is 0 Å². The zero-order valence-electron chi connectivity index (χ0n) is 14.4. The van der Waals surface area contributed by atoms with E-state index in [9.17, 15) is 19.5 Å². The minimum atomic E-state index is -2.42. The van der Waals surface area contributed by atoms with Gasteiger partial charge in [-0.25, -0.2) is 9.59 Å². The molecule has 7 nitrogen and oxygen atoms in total. The molecule has 1 saturated heterocycles. The highest BCUT2D eigenvalue weighted by molar-refractivity contribution is 5.97. The molecule has 7 heteroatoms. The number of hydrogen-bond donors (Lipinski definition) is 1. The van der Waals surface area contributed by atoms with Gasteiger partial charge in [0.25, 0.3) is 0 Å². The van der Waals surface area contributed by atoms with Crippen molar-refractivity contribution in [3.63, 3.8) is 0 Å². The van der Waals surface area contributed by atoms with E-state index in [1.807, 2.05) is 6.07 Å². The van der Waals surface area contributed by atoms with Gasteiger partial charge in [-0.2, -0.15) is 0 Å². The van der Waals surface area contributed by atoms with Crippen LogP contribution in [-0.4, -0.2) is 34.7 Å². The molecule has 1 unspecified atom stereocenters. The highest BCUT2D eigenvalue weighted by atomic mass is 16.6. The van der Waals surface area contributed by atoms with Crippen LogP contribution >= 0.6 is 0 Å². The molecule has 1 aliphatic heterocycles. The number of hydrogen-bond acceptors (Lipinski definition) is 7. The summed E-state index contributed by atoms with van der Waals surface area (Å²) in [5.74, 6) is -3.00. The van der Waals surface area contributed by atoms with Gasteiger partial charge in [0.15, 0.2) is 0 Å². The Hall–Kier alpha value is -3.19. The second-order valence-corrected chi connectivity index (χ2v) is 6.13. The second kappa shape index (κ2) is 8.01. The van der Waals surface area contributed by atoms with Gasteiger partial charge in [-0.15, -0.1) is 0 Å². The van der Waals surface area contributed by atoms with Crippen molar-refractivity contribution in [1.82, 2.24) is 0 Å². The fourth-order valence-electron chi connectivity index (χ4n) is 2.66. The van der Waals surface area contributed by atoms with Gasteiger partial charge >= 0.3 is 17.9 Å². The predicted octanol–water partition coefficient (Wildman–Crippen LogP) is 1.52. The molecular formula is C20H18O7. The molecule has 140 valence electrons. The van der Waals surface area contributed by atoms with Crippen molar-refractivity contribution in [3.8, 4) is 0 Å². The summed E-state index contributed by atoms with van der Waals surface area (Å²) in [4.78, 5) is 36.3. The number of cyclic esters (lactones) is 1. The lowest BCUT2D eigenvalue weighted by atomic mass is 9.95. The fraction of sp³-hybridized carbons (Fsp3) is 0.250. The van der Waals surface area contributed by atoms with Crippen LogP contribution in [0.25, 0.3) is 0 Å². The molecule has 0 aliphatic carbocycles. The van der Waals surface area contributed by atoms with E-state index in [-0.39, 0.29) is 13.2 Å². The van der Waals surface area contributed by atoms with Crippen LogP contribution in [0.3, 0.4) is 0 Å². The lowest BCUT2D eigenvalue weighted by molar-refractivity contribution is -0.185. The van der Waals surface area contributed by atoms with Gasteiger partial charge in [-0.3, -0.25) is 4.79 Å². The Bertz CT molecular complexity index is 819. The topological polar surface area (TPSA) is 99.1 Å². The number of esters is 3. The third kappa shape index (κ3) is 4.32. The summed E-state index contributed by atoms with van der Waals surface area (Å²) in [6, 6.07) is 17.7. The molecule has 0 amide bonds. The fourth-order valence-corrected chi connectivity index (χ4v) is 2.66. The van der Waals surface area contributed by atoms with E-state index >= 15 is 0 Å². The molecule has 0 radical (unpaired) electrons. The first kappa shape index (κ1) is 18.6. The molecule has 2 atom stereocenters. The van der Waals surface area contributed by atoms with Crippen LogP contribution in [0.1, 0.15) is 17.5 Å². The van der Waals surface area contributed by atoms with Crippen molar-refractivity contribution in [3.05, 3.63) is 71.8 Å². The molecule has 1 aliphatic rings. The smallest absolute Gasteiger partial charge is 0.351 e. The number of ether oxygens (including phenoxy) is 3. The maximum absolute atomic E-state index is 12.4. The standard InChI is InChI=1S/C20H18O7/c21-16-11-20(24,19(23)26-13-15-9-5-2-6-10-15)17(27-16)18(22)25-12-14-7-3-1-4-8-14/h1-10,17,24H,11-13H2/t17-,20?/m1/s1. The molecular weight excluding hydrogens is 352 g/mol. The summed E-state index contributed by atoms with van der Waals surface area (Å²) in [5, 5.41) is 10.6. The Labute approximate surface area is 155 Å². The Morgan fingerprint density at radius 1 is 0.963 bits per heavy atom. The Morgan fingerprint density at radius 3 is 2.04 bits per heavy atom. The number of carbonyl (C=O) groups is 3. The summed E-state index contributed by atoms with van der Waals surface area (Å²) in [5.41, 5.74) is -1.01. The summed E-state index contributed by atoms with van der Waals surface area (Å²) >= 11 is 0. The summed E-state index contributed by atoms with van der Waals surface area (Å²) in [6.45, 7) is -0.190. The van der Waals surface area contributed by atoms with Crippen molar-refractivity contribution >= 4 is 17.9 Å². The minimum absolute atomic E-state index is 0.0805. The molecule has 3 rings (SSSR count). The maximum Gasteiger partial charge on any atom is 0.351 e. The quantitative estimate of drug-likeness (QED) is 0.608. The van der Waals surface area contributed by atoms with Crippen molar-refractivity contribution in [1.29, 1.82) is 0 Å². The highest BCUT2D eigenvalue weighted by Gasteiger charge is 2.59. The number of benzene rings is 2. The molecule has 0 saturated carbocycles. The van der Waals surface area contributed by atoms with E-state index < -0.39 is 36.0 Å². The van der Waals surface area contributed by atoms with Crippen molar-refractivity contribution in [2.75, 3.05) is 0 Å². The highest BCUT2D eigenvalue weighted by Crippen LogP contribution is 2.30. The van der Waals surface area contributed by atoms with Crippen LogP contribution < -0.4 is 0 Å². The van der Waals surface area contributed by atoms with Crippen LogP contribution in [0.15, 0.2) is 60.7 Å². The maximum atomic E-state index is 12.4. The summed E-state index contributed by atoms with van der Waals surface area (Å²) < 4.78 is 15.0. The van der Waals surface area contributed by atoms with Crippen molar-refractivity contribution in [2.24, 2.45) is 0 Å². The molecule has 2 aromatic carbocycles. The minimum Gasteiger partial charge on any atom is -0.459 e. The van der Waals surface area contributed by atoms with Gasteiger partial charge in [0.1, 0.15) is 13.2 Å². The first-order chi connectivity index (χ1) is 13.0. The van der Waals surface area contributed by atoms with E-state index in [1.165, 1.54) is 0 Å². The zero-order valence-corrected chi connectivity index (χ0v) is 14.4. The molecule has 1 heterocycles. The van der Waals surface area contributed by atoms with Crippen molar-refractivity contribution in [2.45, 2.75) is 31.3 Å². The average Bonchev–Trinajstić information content (AvgIpc) is 3.01. The van der Waals surface area contributed by atoms with Gasteiger partial charge in [0.2, 0.25) is 11.7 Å². The van der Waals surface area contributed by atoms with E-state index in [2.05, 4.69) is 0 Å². The molecule has 0 bridgehead atoms. The number of carbonyl (C=O) groups excluding carboxylic acids is 3. The van der Waals surface area contributed by atoms with E-state index in [1.54, 1.807) is 54.6 Å². The van der Waals surface area contributed by atoms with Gasteiger partial charge in [-0.1, -0.05) is 60.7 Å². The zero-order chi connectivity index (χ0) is 19.3. The summed E-state index contributed by atoms with van der Waals surface area (Å²) in [6.07, 6.45) is -2.44. The molecule has 0 aromatic heterocycles. The Morgan fingerprint density at radius 2 is 1.48 bits per heavy atom. The second-order valence-electron chi connectivity index (χ2n) is 6.13. The van der Waals surface area contributed by atoms with Gasteiger partial charge in [0, 0.05) is 0 Å². The Balaban J connectivity index is 1.65. The number of aliphatic hydroxyl groups is 1. The first-order valence-electron chi connectivity index (χ1n) is 8.32. The SMILES string of the molecule is O=C1CC(O)(C(=O)OCc2ccccc2)[C@@H](C(=O)OCc2ccccc2)O1. The van der Waals surface area contributed by atoms with E-state index in [0.717, 1.165) is 0 Å². The number of rotatable bonds is 6. The third-order valence-corrected chi connectivity index (χ3v) is 4.10. The van der Waals surface area contributed by atoms with Gasteiger partial charge in [-0.05, 0) is 11.1 Å². The lowest BCUT2D eigenvalue weighted by Gasteiger charge is -2.23. The van der Waals surface area contributed by atoms with Crippen LogP contribution in [0.4, 0.5) is 0 Å². The lowest BCUT2D eigenvalue weighted by Crippen LogP contribution is -2.51. The van der Waals surface area contributed by atoms with Crippen LogP contribution in [0.2, 0.25) is 0 Å². The molecule has 2 aromatic rings. The van der Waals surface area contributed by atoms with Gasteiger partial charge in [0.05, 0.1) is 6.42 Å². The first-order valence-corrected chi connectivity index (χ1v) is 8.32. The largest absolute Gasteiger partial charge is 0.459 e. The normalized spacial score (nSPS) is 21.4.